The summed E-state index contributed by atoms with van der Waals surface area (Å²) in [4.78, 5) is 22.9. The van der Waals surface area contributed by atoms with Crippen LogP contribution in [0, 0.1) is 27.3 Å². The lowest BCUT2D eigenvalue weighted by atomic mass is 10.1. The topological polar surface area (TPSA) is 114 Å². The Bertz CT molecular complexity index is 1270. The predicted octanol–water partition coefficient (Wildman–Crippen LogP) is 4.87. The Hall–Kier alpha value is -4.71. The number of anilines is 1. The molecule has 3 aromatic carbocycles. The summed E-state index contributed by atoms with van der Waals surface area (Å²) in [5, 5.41) is 22.9. The van der Waals surface area contributed by atoms with Crippen molar-refractivity contribution in [1.82, 2.24) is 0 Å². The number of rotatable bonds is 8. The zero-order valence-corrected chi connectivity index (χ0v) is 17.4. The minimum absolute atomic E-state index is 0.0491. The van der Waals surface area contributed by atoms with Crippen molar-refractivity contribution in [1.29, 1.82) is 5.26 Å². The quantitative estimate of drug-likeness (QED) is 0.228. The van der Waals surface area contributed by atoms with E-state index in [9.17, 15) is 24.6 Å². The van der Waals surface area contributed by atoms with Crippen LogP contribution in [0.1, 0.15) is 11.1 Å². The molecule has 33 heavy (non-hydrogen) atoms. The molecule has 3 rings (SSSR count). The molecule has 9 heteroatoms. The third-order valence-electron chi connectivity index (χ3n) is 4.48. The first kappa shape index (κ1) is 23.0. The van der Waals surface area contributed by atoms with Crippen molar-refractivity contribution < 1.29 is 23.6 Å². The van der Waals surface area contributed by atoms with E-state index in [0.717, 1.165) is 0 Å². The van der Waals surface area contributed by atoms with Gasteiger partial charge in [0.1, 0.15) is 35.6 Å². The number of amides is 1. The van der Waals surface area contributed by atoms with Crippen molar-refractivity contribution in [2.24, 2.45) is 0 Å². The second-order valence-electron chi connectivity index (χ2n) is 6.75. The van der Waals surface area contributed by atoms with Gasteiger partial charge in [0.25, 0.3) is 11.6 Å². The number of ether oxygens (including phenoxy) is 2. The molecule has 0 radical (unpaired) electrons. The van der Waals surface area contributed by atoms with Gasteiger partial charge in [0.15, 0.2) is 0 Å². The second kappa shape index (κ2) is 10.5. The molecule has 0 aliphatic rings. The average molecular weight is 447 g/mol. The fourth-order valence-electron chi connectivity index (χ4n) is 2.87. The largest absolute Gasteiger partial charge is 0.497 e. The Morgan fingerprint density at radius 2 is 1.97 bits per heavy atom. The molecule has 0 unspecified atom stereocenters. The molecular formula is C24H18FN3O5. The van der Waals surface area contributed by atoms with Crippen LogP contribution in [0.5, 0.6) is 11.5 Å². The number of nitrogens with one attached hydrogen (secondary N) is 1. The summed E-state index contributed by atoms with van der Waals surface area (Å²) in [6.07, 6.45) is 1.33. The number of hydrogen-bond acceptors (Lipinski definition) is 6. The molecule has 166 valence electrons. The first-order valence-electron chi connectivity index (χ1n) is 9.62. The fraction of sp³-hybridized carbons (Fsp3) is 0.0833. The fourth-order valence-corrected chi connectivity index (χ4v) is 2.87. The molecule has 1 N–H and O–H groups in total. The summed E-state index contributed by atoms with van der Waals surface area (Å²) in [6.45, 7) is 0.0491. The highest BCUT2D eigenvalue weighted by molar-refractivity contribution is 6.10. The Morgan fingerprint density at radius 3 is 2.67 bits per heavy atom. The van der Waals surface area contributed by atoms with Crippen molar-refractivity contribution in [3.63, 3.8) is 0 Å². The Morgan fingerprint density at radius 1 is 1.18 bits per heavy atom. The summed E-state index contributed by atoms with van der Waals surface area (Å²) in [7, 11) is 1.48. The first-order chi connectivity index (χ1) is 15.9. The van der Waals surface area contributed by atoms with Gasteiger partial charge >= 0.3 is 0 Å². The van der Waals surface area contributed by atoms with Gasteiger partial charge in [-0.05, 0) is 42.0 Å². The van der Waals surface area contributed by atoms with Crippen LogP contribution in [-0.2, 0) is 11.4 Å². The van der Waals surface area contributed by atoms with Crippen LogP contribution in [-0.4, -0.2) is 17.9 Å². The monoisotopic (exact) mass is 447 g/mol. The molecule has 0 heterocycles. The maximum absolute atomic E-state index is 13.4. The molecule has 8 nitrogen and oxygen atoms in total. The molecule has 0 fully saturated rings. The number of halogens is 1. The standard InChI is InChI=1S/C24H18FN3O5/c1-32-22-9-8-17(23(13-22)33-15-16-4-2-5-19(25)10-16)11-18(14-26)24(29)27-20-6-3-7-21(12-20)28(30)31/h2-13H,15H2,1H3,(H,27,29)/b18-11+. The highest BCUT2D eigenvalue weighted by Crippen LogP contribution is 2.28. The zero-order valence-electron chi connectivity index (χ0n) is 17.4. The number of carbonyl (C=O) groups excluding carboxylic acids is 1. The van der Waals surface area contributed by atoms with E-state index >= 15 is 0 Å². The third kappa shape index (κ3) is 6.15. The summed E-state index contributed by atoms with van der Waals surface area (Å²) >= 11 is 0. The van der Waals surface area contributed by atoms with Gasteiger partial charge in [0.05, 0.1) is 12.0 Å². The number of nitro groups is 1. The normalized spacial score (nSPS) is 10.8. The molecule has 0 spiro atoms. The van der Waals surface area contributed by atoms with E-state index in [4.69, 9.17) is 9.47 Å². The maximum Gasteiger partial charge on any atom is 0.271 e. The lowest BCUT2D eigenvalue weighted by Gasteiger charge is -2.12. The highest BCUT2D eigenvalue weighted by Gasteiger charge is 2.14. The molecule has 3 aromatic rings. The Balaban J connectivity index is 1.86. The molecule has 0 aromatic heterocycles. The Labute approximate surface area is 188 Å². The minimum atomic E-state index is -0.745. The van der Waals surface area contributed by atoms with Crippen LogP contribution < -0.4 is 14.8 Å². The maximum atomic E-state index is 13.4. The minimum Gasteiger partial charge on any atom is -0.497 e. The predicted molar refractivity (Wildman–Crippen MR) is 119 cm³/mol. The second-order valence-corrected chi connectivity index (χ2v) is 6.75. The Kier molecular flexibility index (Phi) is 7.34. The van der Waals surface area contributed by atoms with Crippen LogP contribution in [0.15, 0.2) is 72.3 Å². The number of nitriles is 1. The molecule has 0 atom stereocenters. The number of nitro benzene ring substituents is 1. The average Bonchev–Trinajstić information content (AvgIpc) is 2.81. The van der Waals surface area contributed by atoms with E-state index in [2.05, 4.69) is 5.32 Å². The lowest BCUT2D eigenvalue weighted by Crippen LogP contribution is -2.13. The van der Waals surface area contributed by atoms with Crippen LogP contribution in [0.2, 0.25) is 0 Å². The van der Waals surface area contributed by atoms with Crippen molar-refractivity contribution in [3.05, 3.63) is 99.4 Å². The number of benzene rings is 3. The van der Waals surface area contributed by atoms with Crippen LogP contribution in [0.25, 0.3) is 6.08 Å². The summed E-state index contributed by atoms with van der Waals surface area (Å²) < 4.78 is 24.5. The van der Waals surface area contributed by atoms with E-state index in [0.29, 0.717) is 22.6 Å². The van der Waals surface area contributed by atoms with Gasteiger partial charge in [-0.2, -0.15) is 5.26 Å². The van der Waals surface area contributed by atoms with Crippen molar-refractivity contribution in [3.8, 4) is 17.6 Å². The molecule has 0 aliphatic carbocycles. The zero-order chi connectivity index (χ0) is 23.8. The smallest absolute Gasteiger partial charge is 0.271 e. The molecule has 0 aliphatic heterocycles. The molecule has 0 bridgehead atoms. The number of non-ortho nitro benzene ring substituents is 1. The van der Waals surface area contributed by atoms with Crippen molar-refractivity contribution in [2.75, 3.05) is 12.4 Å². The molecular weight excluding hydrogens is 429 g/mol. The molecule has 1 amide bonds. The van der Waals surface area contributed by atoms with E-state index in [1.807, 2.05) is 6.07 Å². The van der Waals surface area contributed by atoms with Crippen LogP contribution in [0.4, 0.5) is 15.8 Å². The van der Waals surface area contributed by atoms with E-state index in [-0.39, 0.29) is 23.6 Å². The van der Waals surface area contributed by atoms with Gasteiger partial charge in [-0.1, -0.05) is 18.2 Å². The number of hydrogen-bond donors (Lipinski definition) is 1. The van der Waals surface area contributed by atoms with Crippen molar-refractivity contribution in [2.45, 2.75) is 6.61 Å². The third-order valence-corrected chi connectivity index (χ3v) is 4.48. The first-order valence-corrected chi connectivity index (χ1v) is 9.62. The van der Waals surface area contributed by atoms with Crippen LogP contribution in [0.3, 0.4) is 0 Å². The van der Waals surface area contributed by atoms with Crippen molar-refractivity contribution >= 4 is 23.4 Å². The highest BCUT2D eigenvalue weighted by atomic mass is 19.1. The summed E-state index contributed by atoms with van der Waals surface area (Å²) in [5.74, 6) is -0.341. The lowest BCUT2D eigenvalue weighted by molar-refractivity contribution is -0.384. The van der Waals surface area contributed by atoms with E-state index in [1.165, 1.54) is 49.6 Å². The number of methoxy groups -OCH3 is 1. The van der Waals surface area contributed by atoms with Gasteiger partial charge in [0, 0.05) is 29.4 Å². The number of nitrogens with zero attached hydrogens (tertiary/aromatic N) is 2. The van der Waals surface area contributed by atoms with Crippen LogP contribution >= 0.6 is 0 Å². The molecule has 0 saturated carbocycles. The molecule has 0 saturated heterocycles. The van der Waals surface area contributed by atoms with E-state index in [1.54, 1.807) is 30.3 Å². The summed E-state index contributed by atoms with van der Waals surface area (Å²) in [6, 6.07) is 17.9. The SMILES string of the molecule is COc1ccc(/C=C(\C#N)C(=O)Nc2cccc([N+](=O)[O-])c2)c(OCc2cccc(F)c2)c1. The van der Waals surface area contributed by atoms with Gasteiger partial charge in [-0.15, -0.1) is 0 Å². The van der Waals surface area contributed by atoms with E-state index < -0.39 is 16.6 Å². The summed E-state index contributed by atoms with van der Waals surface area (Å²) in [5.41, 5.74) is 0.739. The number of carbonyl (C=O) groups is 1. The van der Waals surface area contributed by atoms with Gasteiger partial charge < -0.3 is 14.8 Å². The van der Waals surface area contributed by atoms with Gasteiger partial charge in [-0.25, -0.2) is 4.39 Å². The van der Waals surface area contributed by atoms with Gasteiger partial charge in [0.2, 0.25) is 0 Å². The van der Waals surface area contributed by atoms with Gasteiger partial charge in [-0.3, -0.25) is 14.9 Å².